The summed E-state index contributed by atoms with van der Waals surface area (Å²) in [7, 11) is 0.642. The van der Waals surface area contributed by atoms with E-state index in [2.05, 4.69) is 21.2 Å². The Morgan fingerprint density at radius 3 is 2.52 bits per heavy atom. The molecule has 1 fully saturated rings. The minimum Gasteiger partial charge on any atom is -0.351 e. The third kappa shape index (κ3) is 3.54. The third-order valence-corrected chi connectivity index (χ3v) is 5.62. The summed E-state index contributed by atoms with van der Waals surface area (Å²) in [6.07, 6.45) is 1.83. The number of hydrogen-bond donors (Lipinski definition) is 1. The van der Waals surface area contributed by atoms with Crippen molar-refractivity contribution in [3.05, 3.63) is 27.7 Å². The molecule has 0 unspecified atom stereocenters. The smallest absolute Gasteiger partial charge is 0.265 e. The van der Waals surface area contributed by atoms with E-state index in [4.69, 9.17) is 10.7 Å². The van der Waals surface area contributed by atoms with Gasteiger partial charge in [0.05, 0.1) is 0 Å². The fourth-order valence-electron chi connectivity index (χ4n) is 1.78. The molecule has 1 N–H and O–H groups in total. The van der Waals surface area contributed by atoms with E-state index >= 15 is 0 Å². The van der Waals surface area contributed by atoms with Crippen LogP contribution in [0.5, 0.6) is 0 Å². The number of carbonyl (C=O) groups is 1. The van der Waals surface area contributed by atoms with Crippen LogP contribution in [0.15, 0.2) is 15.4 Å². The molecule has 0 aliphatic heterocycles. The number of halogens is 4. The van der Waals surface area contributed by atoms with Crippen molar-refractivity contribution in [2.75, 3.05) is 6.54 Å². The van der Waals surface area contributed by atoms with Crippen molar-refractivity contribution in [1.82, 2.24) is 5.32 Å². The Morgan fingerprint density at radius 1 is 1.48 bits per heavy atom. The number of amides is 1. The second-order valence-electron chi connectivity index (χ2n) is 5.29. The molecule has 1 amide bonds. The Morgan fingerprint density at radius 2 is 2.05 bits per heavy atom. The molecular weight excluding hydrogens is 392 g/mol. The Kier molecular flexibility index (Phi) is 4.34. The lowest BCUT2D eigenvalue weighted by molar-refractivity contribution is 0.0937. The van der Waals surface area contributed by atoms with Crippen LogP contribution in [-0.4, -0.2) is 20.9 Å². The molecule has 1 saturated carbocycles. The first-order valence-corrected chi connectivity index (χ1v) is 9.06. The van der Waals surface area contributed by atoms with Gasteiger partial charge >= 0.3 is 0 Å². The van der Waals surface area contributed by atoms with Gasteiger partial charge in [-0.05, 0) is 40.3 Å². The van der Waals surface area contributed by atoms with Crippen LogP contribution in [0, 0.1) is 17.0 Å². The lowest BCUT2D eigenvalue weighted by Gasteiger charge is -2.13. The topological polar surface area (TPSA) is 63.2 Å². The van der Waals surface area contributed by atoms with E-state index in [1.165, 1.54) is 0 Å². The summed E-state index contributed by atoms with van der Waals surface area (Å²) >= 11 is 2.72. The normalized spacial score (nSPS) is 16.6. The molecule has 1 aliphatic carbocycles. The molecule has 0 aromatic heterocycles. The average molecular weight is 403 g/mol. The maximum atomic E-state index is 14.2. The van der Waals surface area contributed by atoms with Gasteiger partial charge in [-0.2, -0.15) is 0 Å². The fourth-order valence-corrected chi connectivity index (χ4v) is 4.13. The summed E-state index contributed by atoms with van der Waals surface area (Å²) in [4.78, 5) is 11.0. The largest absolute Gasteiger partial charge is 0.351 e. The van der Waals surface area contributed by atoms with Crippen molar-refractivity contribution in [3.8, 4) is 0 Å². The highest BCUT2D eigenvalue weighted by Gasteiger charge is 2.38. The second kappa shape index (κ2) is 5.48. The zero-order chi connectivity index (χ0) is 16.0. The molecule has 0 saturated heterocycles. The minimum absolute atomic E-state index is 0.0562. The zero-order valence-corrected chi connectivity index (χ0v) is 14.0. The van der Waals surface area contributed by atoms with E-state index in [1.807, 2.05) is 6.92 Å². The molecular formula is C12H11BrClF2NO3S. The summed E-state index contributed by atoms with van der Waals surface area (Å²) in [5.74, 6) is -3.68. The summed E-state index contributed by atoms with van der Waals surface area (Å²) in [5, 5.41) is 2.41. The predicted molar refractivity (Wildman–Crippen MR) is 76.8 cm³/mol. The summed E-state index contributed by atoms with van der Waals surface area (Å²) in [5.41, 5.74) is -1.01. The summed E-state index contributed by atoms with van der Waals surface area (Å²) in [6, 6.07) is 0.700. The van der Waals surface area contributed by atoms with Crippen LogP contribution in [0.3, 0.4) is 0 Å². The Hall–Kier alpha value is -0.730. The van der Waals surface area contributed by atoms with Crippen LogP contribution in [-0.2, 0) is 9.05 Å². The molecule has 1 aromatic carbocycles. The molecule has 1 aliphatic rings. The van der Waals surface area contributed by atoms with E-state index in [0.29, 0.717) is 6.07 Å². The molecule has 0 spiro atoms. The van der Waals surface area contributed by atoms with Crippen LogP contribution in [0.25, 0.3) is 0 Å². The standard InChI is InChI=1S/C12H11BrClF2NO3S/c1-12(2-3-12)5-17-11(18)8-7(15)4-6(13)10(9(8)16)21(14,19)20/h4H,2-3,5H2,1H3,(H,17,18). The Labute approximate surface area is 133 Å². The minimum atomic E-state index is -4.46. The molecule has 0 atom stereocenters. The van der Waals surface area contributed by atoms with Gasteiger partial charge in [-0.15, -0.1) is 0 Å². The quantitative estimate of drug-likeness (QED) is 0.787. The zero-order valence-electron chi connectivity index (χ0n) is 10.8. The number of rotatable bonds is 4. The third-order valence-electron chi connectivity index (χ3n) is 3.38. The molecule has 0 heterocycles. The number of hydrogen-bond acceptors (Lipinski definition) is 3. The van der Waals surface area contributed by atoms with Crippen molar-refractivity contribution < 1.29 is 22.0 Å². The first kappa shape index (κ1) is 16.6. The molecule has 2 rings (SSSR count). The Bertz CT molecular complexity index is 720. The average Bonchev–Trinajstić information content (AvgIpc) is 3.02. The highest BCUT2D eigenvalue weighted by molar-refractivity contribution is 9.10. The lowest BCUT2D eigenvalue weighted by atomic mass is 10.1. The number of benzene rings is 1. The first-order valence-electron chi connectivity index (χ1n) is 5.95. The van der Waals surface area contributed by atoms with E-state index in [0.717, 1.165) is 12.8 Å². The maximum Gasteiger partial charge on any atom is 0.265 e. The fraction of sp³-hybridized carbons (Fsp3) is 0.417. The molecule has 0 radical (unpaired) electrons. The molecule has 9 heteroatoms. The number of carbonyl (C=O) groups excluding carboxylic acids is 1. The molecule has 4 nitrogen and oxygen atoms in total. The van der Waals surface area contributed by atoms with E-state index in [-0.39, 0.29) is 16.4 Å². The van der Waals surface area contributed by atoms with E-state index < -0.39 is 37.1 Å². The van der Waals surface area contributed by atoms with Crippen molar-refractivity contribution >= 4 is 41.6 Å². The van der Waals surface area contributed by atoms with Gasteiger partial charge in [0.1, 0.15) is 16.3 Å². The van der Waals surface area contributed by atoms with Gasteiger partial charge < -0.3 is 5.32 Å². The van der Waals surface area contributed by atoms with Gasteiger partial charge in [-0.3, -0.25) is 4.79 Å². The van der Waals surface area contributed by atoms with Crippen molar-refractivity contribution in [2.24, 2.45) is 5.41 Å². The van der Waals surface area contributed by atoms with Crippen LogP contribution in [0.1, 0.15) is 30.1 Å². The van der Waals surface area contributed by atoms with Crippen molar-refractivity contribution in [1.29, 1.82) is 0 Å². The van der Waals surface area contributed by atoms with Gasteiger partial charge in [0.15, 0.2) is 5.82 Å². The van der Waals surface area contributed by atoms with Crippen LogP contribution >= 0.6 is 26.6 Å². The monoisotopic (exact) mass is 401 g/mol. The highest BCUT2D eigenvalue weighted by Crippen LogP contribution is 2.44. The second-order valence-corrected chi connectivity index (χ2v) is 8.65. The van der Waals surface area contributed by atoms with Crippen molar-refractivity contribution in [2.45, 2.75) is 24.7 Å². The van der Waals surface area contributed by atoms with Crippen LogP contribution < -0.4 is 5.32 Å². The first-order chi connectivity index (χ1) is 9.55. The van der Waals surface area contributed by atoms with Gasteiger partial charge in [0.2, 0.25) is 0 Å². The Balaban J connectivity index is 2.41. The molecule has 1 aromatic rings. The van der Waals surface area contributed by atoms with E-state index in [1.54, 1.807) is 0 Å². The SMILES string of the molecule is CC1(CNC(=O)c2c(F)cc(Br)c(S(=O)(=O)Cl)c2F)CC1. The predicted octanol–water partition coefficient (Wildman–Crippen LogP) is 3.18. The molecule has 21 heavy (non-hydrogen) atoms. The maximum absolute atomic E-state index is 14.2. The van der Waals surface area contributed by atoms with Gasteiger partial charge in [0.25, 0.3) is 15.0 Å². The van der Waals surface area contributed by atoms with Crippen LogP contribution in [0.2, 0.25) is 0 Å². The summed E-state index contributed by atoms with van der Waals surface area (Å²) in [6.45, 7) is 2.19. The van der Waals surface area contributed by atoms with Crippen molar-refractivity contribution in [3.63, 3.8) is 0 Å². The van der Waals surface area contributed by atoms with Gasteiger partial charge in [0, 0.05) is 21.7 Å². The molecule has 0 bridgehead atoms. The lowest BCUT2D eigenvalue weighted by Crippen LogP contribution is -2.30. The highest BCUT2D eigenvalue weighted by atomic mass is 79.9. The summed E-state index contributed by atoms with van der Waals surface area (Å²) < 4.78 is 50.3. The van der Waals surface area contributed by atoms with Gasteiger partial charge in [-0.1, -0.05) is 6.92 Å². The van der Waals surface area contributed by atoms with Crippen LogP contribution in [0.4, 0.5) is 8.78 Å². The number of nitrogens with one attached hydrogen (secondary N) is 1. The van der Waals surface area contributed by atoms with Gasteiger partial charge in [-0.25, -0.2) is 17.2 Å². The molecule has 116 valence electrons. The van der Waals surface area contributed by atoms with E-state index in [9.17, 15) is 22.0 Å².